The Balaban J connectivity index is 1.04. The van der Waals surface area contributed by atoms with Crippen molar-refractivity contribution in [2.75, 3.05) is 18.0 Å². The van der Waals surface area contributed by atoms with Crippen molar-refractivity contribution in [3.05, 3.63) is 74.6 Å². The largest absolute Gasteiger partial charge is 0.490 e. The van der Waals surface area contributed by atoms with Crippen LogP contribution in [-0.4, -0.2) is 46.3 Å². The van der Waals surface area contributed by atoms with Crippen molar-refractivity contribution in [1.29, 1.82) is 5.26 Å². The number of hydrogen-bond donors (Lipinski definition) is 1. The fraction of sp³-hybridized carbons (Fsp3) is 0.452. The van der Waals surface area contributed by atoms with Gasteiger partial charge in [0.25, 0.3) is 5.91 Å². The second-order valence-electron chi connectivity index (χ2n) is 10.9. The summed E-state index contributed by atoms with van der Waals surface area (Å²) in [5, 5.41) is 21.3. The van der Waals surface area contributed by atoms with Gasteiger partial charge in [-0.15, -0.1) is 10.2 Å². The van der Waals surface area contributed by atoms with E-state index in [1.807, 2.05) is 25.3 Å². The molecule has 1 N–H and O–H groups in total. The number of benzene rings is 1. The molecule has 8 nitrogen and oxygen atoms in total. The quantitative estimate of drug-likeness (QED) is 0.303. The third-order valence-corrected chi connectivity index (χ3v) is 9.14. The Kier molecular flexibility index (Phi) is 9.73. The van der Waals surface area contributed by atoms with Crippen molar-refractivity contribution in [2.45, 2.75) is 70.4 Å². The molecule has 214 valence electrons. The minimum absolute atomic E-state index is 0.0477. The number of aromatic nitrogens is 3. The van der Waals surface area contributed by atoms with Gasteiger partial charge in [0.05, 0.1) is 16.7 Å². The average molecular weight is 638 g/mol. The predicted molar refractivity (Wildman–Crippen MR) is 162 cm³/mol. The smallest absolute Gasteiger partial charge is 0.272 e. The topological polar surface area (TPSA) is 104 Å². The number of ether oxygens (including phenoxy) is 1. The van der Waals surface area contributed by atoms with Gasteiger partial charge in [-0.25, -0.2) is 0 Å². The zero-order chi connectivity index (χ0) is 28.8. The zero-order valence-corrected chi connectivity index (χ0v) is 25.5. The number of carbonyl (C=O) groups excluding carboxylic acids is 1. The lowest BCUT2D eigenvalue weighted by atomic mass is 9.91. The van der Waals surface area contributed by atoms with Crippen LogP contribution in [0, 0.1) is 24.2 Å². The standard InChI is InChI=1S/C31H34BrClN6O2/c1-20-28(12-3-22(18-34)30(20)33)41-26-9-7-25(8-10-26)36-31(40)27-11-13-29(38-37-27)39-16-14-21(15-17-39)2-5-24-6-4-23(32)19-35-24/h3-4,6,11-13,19,21,25-26H,2,5,7-10,14-17H2,1H3,(H,36,40). The van der Waals surface area contributed by atoms with E-state index in [-0.39, 0.29) is 18.1 Å². The fourth-order valence-corrected chi connectivity index (χ4v) is 6.05. The van der Waals surface area contributed by atoms with E-state index in [0.717, 1.165) is 86.0 Å². The number of nitrogens with zero attached hydrogens (tertiary/aromatic N) is 5. The Morgan fingerprint density at radius 3 is 2.54 bits per heavy atom. The maximum absolute atomic E-state index is 12.9. The number of aryl methyl sites for hydroxylation is 1. The Morgan fingerprint density at radius 1 is 1.10 bits per heavy atom. The minimum Gasteiger partial charge on any atom is -0.490 e. The van der Waals surface area contributed by atoms with Crippen LogP contribution in [0.4, 0.5) is 5.82 Å². The van der Waals surface area contributed by atoms with Crippen molar-refractivity contribution >= 4 is 39.3 Å². The maximum Gasteiger partial charge on any atom is 0.272 e. The van der Waals surface area contributed by atoms with Crippen molar-refractivity contribution in [3.63, 3.8) is 0 Å². The summed E-state index contributed by atoms with van der Waals surface area (Å²) in [6.45, 7) is 3.75. The first kappa shape index (κ1) is 29.3. The van der Waals surface area contributed by atoms with E-state index in [9.17, 15) is 4.79 Å². The molecule has 0 radical (unpaired) electrons. The van der Waals surface area contributed by atoms with Crippen LogP contribution in [0.5, 0.6) is 5.75 Å². The van der Waals surface area contributed by atoms with Crippen LogP contribution in [0.2, 0.25) is 5.02 Å². The van der Waals surface area contributed by atoms with E-state index in [1.165, 1.54) is 0 Å². The second-order valence-corrected chi connectivity index (χ2v) is 12.2. The second kappa shape index (κ2) is 13.6. The van der Waals surface area contributed by atoms with Crippen LogP contribution in [0.15, 0.2) is 47.1 Å². The van der Waals surface area contributed by atoms with Gasteiger partial charge in [0.1, 0.15) is 11.8 Å². The molecule has 0 atom stereocenters. The highest BCUT2D eigenvalue weighted by molar-refractivity contribution is 9.10. The molecule has 1 saturated heterocycles. The third kappa shape index (κ3) is 7.55. The van der Waals surface area contributed by atoms with Gasteiger partial charge in [-0.2, -0.15) is 5.26 Å². The lowest BCUT2D eigenvalue weighted by Crippen LogP contribution is -2.40. The highest BCUT2D eigenvalue weighted by Crippen LogP contribution is 2.32. The van der Waals surface area contributed by atoms with E-state index < -0.39 is 0 Å². The van der Waals surface area contributed by atoms with E-state index >= 15 is 0 Å². The summed E-state index contributed by atoms with van der Waals surface area (Å²) in [5.41, 5.74) is 2.71. The Hall–Kier alpha value is -3.22. The summed E-state index contributed by atoms with van der Waals surface area (Å²) in [4.78, 5) is 19.6. The molecular formula is C31H34BrClN6O2. The summed E-state index contributed by atoms with van der Waals surface area (Å²) < 4.78 is 7.19. The number of hydrogen-bond acceptors (Lipinski definition) is 7. The number of rotatable bonds is 8. The molecule has 3 heterocycles. The Labute approximate surface area is 254 Å². The molecule has 41 heavy (non-hydrogen) atoms. The number of pyridine rings is 1. The molecule has 0 unspecified atom stereocenters. The average Bonchev–Trinajstić information content (AvgIpc) is 3.00. The molecular weight excluding hydrogens is 604 g/mol. The number of anilines is 1. The summed E-state index contributed by atoms with van der Waals surface area (Å²) >= 11 is 9.72. The maximum atomic E-state index is 12.9. The van der Waals surface area contributed by atoms with E-state index in [4.69, 9.17) is 21.6 Å². The molecule has 3 aromatic rings. The van der Waals surface area contributed by atoms with E-state index in [0.29, 0.717) is 27.9 Å². The summed E-state index contributed by atoms with van der Waals surface area (Å²) in [5.74, 6) is 2.02. The van der Waals surface area contributed by atoms with Crippen molar-refractivity contribution in [1.82, 2.24) is 20.5 Å². The molecule has 1 aromatic carbocycles. The lowest BCUT2D eigenvalue weighted by molar-refractivity contribution is 0.0887. The predicted octanol–water partition coefficient (Wildman–Crippen LogP) is 6.44. The van der Waals surface area contributed by atoms with Crippen LogP contribution in [0.25, 0.3) is 0 Å². The molecule has 1 amide bonds. The van der Waals surface area contributed by atoms with Gasteiger partial charge in [0, 0.05) is 41.1 Å². The van der Waals surface area contributed by atoms with Gasteiger partial charge in [0.15, 0.2) is 11.5 Å². The lowest BCUT2D eigenvalue weighted by Gasteiger charge is -2.32. The summed E-state index contributed by atoms with van der Waals surface area (Å²) in [7, 11) is 0. The Bertz CT molecular complexity index is 1380. The first-order valence-corrected chi connectivity index (χ1v) is 15.4. The number of nitrogens with one attached hydrogen (secondary N) is 1. The molecule has 1 saturated carbocycles. The van der Waals surface area contributed by atoms with Gasteiger partial charge < -0.3 is 15.0 Å². The SMILES string of the molecule is Cc1c(OC2CCC(NC(=O)c3ccc(N4CCC(CCc5ccc(Br)cn5)CC4)nn3)CC2)ccc(C#N)c1Cl. The van der Waals surface area contributed by atoms with Gasteiger partial charge >= 0.3 is 0 Å². The number of amides is 1. The van der Waals surface area contributed by atoms with Gasteiger partial charge in [-0.3, -0.25) is 9.78 Å². The van der Waals surface area contributed by atoms with Gasteiger partial charge in [-0.1, -0.05) is 11.6 Å². The molecule has 0 spiro atoms. The highest BCUT2D eigenvalue weighted by atomic mass is 79.9. The van der Waals surface area contributed by atoms with Crippen molar-refractivity contribution in [2.24, 2.45) is 5.92 Å². The Morgan fingerprint density at radius 2 is 1.88 bits per heavy atom. The molecule has 2 aliphatic rings. The highest BCUT2D eigenvalue weighted by Gasteiger charge is 2.26. The zero-order valence-electron chi connectivity index (χ0n) is 23.2. The normalized spacial score (nSPS) is 19.4. The van der Waals surface area contributed by atoms with Crippen LogP contribution in [0.3, 0.4) is 0 Å². The number of halogens is 2. The number of nitriles is 1. The minimum atomic E-state index is -0.191. The number of carbonyl (C=O) groups is 1. The molecule has 0 bridgehead atoms. The first-order valence-electron chi connectivity index (χ1n) is 14.3. The van der Waals surface area contributed by atoms with E-state index in [1.54, 1.807) is 18.2 Å². The molecule has 1 aliphatic heterocycles. The molecule has 2 aromatic heterocycles. The summed E-state index contributed by atoms with van der Waals surface area (Å²) in [6, 6.07) is 13.5. The van der Waals surface area contributed by atoms with Crippen LogP contribution < -0.4 is 15.0 Å². The third-order valence-electron chi connectivity index (χ3n) is 8.18. The fourth-order valence-electron chi connectivity index (χ4n) is 5.62. The first-order chi connectivity index (χ1) is 19.9. The van der Waals surface area contributed by atoms with Gasteiger partial charge in [0.2, 0.25) is 0 Å². The van der Waals surface area contributed by atoms with Gasteiger partial charge in [-0.05, 0) is 117 Å². The van der Waals surface area contributed by atoms with Crippen molar-refractivity contribution in [3.8, 4) is 11.8 Å². The van der Waals surface area contributed by atoms with Crippen LogP contribution in [-0.2, 0) is 6.42 Å². The molecule has 2 fully saturated rings. The number of piperidine rings is 1. The summed E-state index contributed by atoms with van der Waals surface area (Å²) in [6.07, 6.45) is 9.56. The van der Waals surface area contributed by atoms with E-state index in [2.05, 4.69) is 53.5 Å². The van der Waals surface area contributed by atoms with Crippen LogP contribution >= 0.6 is 27.5 Å². The van der Waals surface area contributed by atoms with Crippen LogP contribution in [0.1, 0.15) is 72.3 Å². The molecule has 1 aliphatic carbocycles. The molecule has 5 rings (SSSR count). The molecule has 10 heteroatoms. The van der Waals surface area contributed by atoms with Crippen molar-refractivity contribution < 1.29 is 9.53 Å². The monoisotopic (exact) mass is 636 g/mol.